The molecule has 9 heteroatoms. The normalized spacial score (nSPS) is 10.7. The van der Waals surface area contributed by atoms with Crippen LogP contribution < -0.4 is 19.9 Å². The van der Waals surface area contributed by atoms with E-state index in [4.69, 9.17) is 24.9 Å². The number of thiazole rings is 1. The van der Waals surface area contributed by atoms with E-state index in [1.54, 1.807) is 14.2 Å². The first-order valence-corrected chi connectivity index (χ1v) is 10.9. The van der Waals surface area contributed by atoms with Crippen molar-refractivity contribution in [2.45, 2.75) is 6.61 Å². The van der Waals surface area contributed by atoms with Gasteiger partial charge in [0.15, 0.2) is 11.6 Å². The van der Waals surface area contributed by atoms with Gasteiger partial charge in [-0.3, -0.25) is 4.79 Å². The molecule has 0 saturated carbocycles. The summed E-state index contributed by atoms with van der Waals surface area (Å²) in [6.45, 7) is -0.107. The molecule has 0 bridgehead atoms. The van der Waals surface area contributed by atoms with Crippen LogP contribution in [-0.4, -0.2) is 25.1 Å². The average molecular weight is 483 g/mol. The summed E-state index contributed by atoms with van der Waals surface area (Å²) in [5.41, 5.74) is 6.61. The van der Waals surface area contributed by atoms with Crippen LogP contribution in [0.4, 0.5) is 8.78 Å². The Morgan fingerprint density at radius 3 is 2.38 bits per heavy atom. The maximum Gasteiger partial charge on any atom is 0.254 e. The Morgan fingerprint density at radius 1 is 0.971 bits per heavy atom. The maximum atomic E-state index is 14.6. The van der Waals surface area contributed by atoms with Gasteiger partial charge in [0.25, 0.3) is 5.91 Å². The number of para-hydroxylation sites is 1. The Labute approximate surface area is 198 Å². The van der Waals surface area contributed by atoms with Crippen molar-refractivity contribution in [2.75, 3.05) is 14.2 Å². The number of hydrogen-bond donors (Lipinski definition) is 1. The largest absolute Gasteiger partial charge is 0.497 e. The van der Waals surface area contributed by atoms with E-state index in [2.05, 4.69) is 0 Å². The van der Waals surface area contributed by atoms with E-state index in [9.17, 15) is 13.6 Å². The van der Waals surface area contributed by atoms with Crippen LogP contribution in [-0.2, 0) is 6.61 Å². The van der Waals surface area contributed by atoms with Crippen molar-refractivity contribution in [3.63, 3.8) is 0 Å². The summed E-state index contributed by atoms with van der Waals surface area (Å²) in [6, 6.07) is 17.0. The Balaban J connectivity index is 1.72. The van der Waals surface area contributed by atoms with Gasteiger partial charge in [-0.15, -0.1) is 11.3 Å². The van der Waals surface area contributed by atoms with Crippen LogP contribution in [0.1, 0.15) is 15.4 Å². The molecule has 0 aliphatic heterocycles. The molecule has 0 spiro atoms. The van der Waals surface area contributed by atoms with Gasteiger partial charge in [0.05, 0.1) is 24.8 Å². The number of amides is 1. The van der Waals surface area contributed by atoms with Crippen LogP contribution in [0.5, 0.6) is 17.2 Å². The third kappa shape index (κ3) is 4.55. The number of nitrogens with two attached hydrogens (primary N) is 1. The van der Waals surface area contributed by atoms with Gasteiger partial charge in [0.2, 0.25) is 0 Å². The van der Waals surface area contributed by atoms with E-state index in [1.165, 1.54) is 11.3 Å². The molecule has 0 saturated heterocycles. The number of halogens is 2. The molecule has 1 heterocycles. The van der Waals surface area contributed by atoms with Crippen LogP contribution in [0.3, 0.4) is 0 Å². The molecular formula is C25H20F2N2O4S. The topological polar surface area (TPSA) is 83.7 Å². The molecule has 0 aliphatic rings. The number of ether oxygens (including phenoxy) is 3. The SMILES string of the molecule is COc1ccc(-c2nc(COc3ccc(F)c(C(N)=O)c3F)sc2-c2ccccc2OC)cc1. The van der Waals surface area contributed by atoms with Crippen LogP contribution in [0.2, 0.25) is 0 Å². The summed E-state index contributed by atoms with van der Waals surface area (Å²) in [6.07, 6.45) is 0. The Kier molecular flexibility index (Phi) is 6.74. The monoisotopic (exact) mass is 482 g/mol. The van der Waals surface area contributed by atoms with Gasteiger partial charge < -0.3 is 19.9 Å². The highest BCUT2D eigenvalue weighted by molar-refractivity contribution is 7.15. The lowest BCUT2D eigenvalue weighted by atomic mass is 10.1. The second-order valence-electron chi connectivity index (χ2n) is 7.10. The molecule has 0 unspecified atom stereocenters. The molecule has 4 aromatic rings. The molecule has 6 nitrogen and oxygen atoms in total. The molecule has 1 aromatic heterocycles. The molecule has 2 N–H and O–H groups in total. The number of carbonyl (C=O) groups is 1. The fourth-order valence-corrected chi connectivity index (χ4v) is 4.42. The van der Waals surface area contributed by atoms with E-state index < -0.39 is 23.1 Å². The number of rotatable bonds is 8. The predicted octanol–water partition coefficient (Wildman–Crippen LogP) is 5.45. The van der Waals surface area contributed by atoms with Crippen molar-refractivity contribution >= 4 is 17.2 Å². The summed E-state index contributed by atoms with van der Waals surface area (Å²) >= 11 is 1.35. The first-order chi connectivity index (χ1) is 16.4. The highest BCUT2D eigenvalue weighted by Crippen LogP contribution is 2.41. The Hall–Kier alpha value is -3.98. The van der Waals surface area contributed by atoms with Gasteiger partial charge >= 0.3 is 0 Å². The van der Waals surface area contributed by atoms with Crippen molar-refractivity contribution in [2.24, 2.45) is 5.73 Å². The lowest BCUT2D eigenvalue weighted by Gasteiger charge is -2.08. The van der Waals surface area contributed by atoms with Gasteiger partial charge in [-0.05, 0) is 48.5 Å². The van der Waals surface area contributed by atoms with Gasteiger partial charge in [0.1, 0.15) is 34.5 Å². The van der Waals surface area contributed by atoms with Crippen molar-refractivity contribution in [1.29, 1.82) is 0 Å². The molecular weight excluding hydrogens is 462 g/mol. The molecule has 0 fully saturated rings. The zero-order valence-corrected chi connectivity index (χ0v) is 19.1. The summed E-state index contributed by atoms with van der Waals surface area (Å²) in [5.74, 6) is -2.33. The maximum absolute atomic E-state index is 14.6. The van der Waals surface area contributed by atoms with Crippen molar-refractivity contribution in [3.8, 4) is 38.9 Å². The Morgan fingerprint density at radius 2 is 1.71 bits per heavy atom. The quantitative estimate of drug-likeness (QED) is 0.361. The number of primary amides is 1. The van der Waals surface area contributed by atoms with Gasteiger partial charge in [-0.1, -0.05) is 12.1 Å². The predicted molar refractivity (Wildman–Crippen MR) is 125 cm³/mol. The first kappa shape index (κ1) is 23.2. The first-order valence-electron chi connectivity index (χ1n) is 10.1. The van der Waals surface area contributed by atoms with Crippen molar-refractivity contribution in [1.82, 2.24) is 4.98 Å². The number of nitrogens with zero attached hydrogens (tertiary/aromatic N) is 1. The number of carbonyl (C=O) groups excluding carboxylic acids is 1. The molecule has 1 amide bonds. The molecule has 174 valence electrons. The highest BCUT2D eigenvalue weighted by Gasteiger charge is 2.21. The molecule has 4 rings (SSSR count). The van der Waals surface area contributed by atoms with Gasteiger partial charge in [-0.25, -0.2) is 13.8 Å². The number of hydrogen-bond acceptors (Lipinski definition) is 6. The summed E-state index contributed by atoms with van der Waals surface area (Å²) in [5, 5.41) is 0.538. The second-order valence-corrected chi connectivity index (χ2v) is 8.19. The van der Waals surface area contributed by atoms with Crippen molar-refractivity contribution < 1.29 is 27.8 Å². The zero-order chi connectivity index (χ0) is 24.2. The Bertz CT molecular complexity index is 1340. The lowest BCUT2D eigenvalue weighted by Crippen LogP contribution is -2.16. The van der Waals surface area contributed by atoms with Crippen LogP contribution in [0, 0.1) is 11.6 Å². The number of aromatic nitrogens is 1. The fraction of sp³-hybridized carbons (Fsp3) is 0.120. The minimum Gasteiger partial charge on any atom is -0.497 e. The molecule has 0 atom stereocenters. The average Bonchev–Trinajstić information content (AvgIpc) is 3.27. The molecule has 0 radical (unpaired) electrons. The van der Waals surface area contributed by atoms with Gasteiger partial charge in [0, 0.05) is 11.1 Å². The molecule has 3 aromatic carbocycles. The summed E-state index contributed by atoms with van der Waals surface area (Å²) in [4.78, 5) is 16.9. The van der Waals surface area contributed by atoms with Gasteiger partial charge in [-0.2, -0.15) is 0 Å². The lowest BCUT2D eigenvalue weighted by molar-refractivity contribution is 0.0991. The summed E-state index contributed by atoms with van der Waals surface area (Å²) in [7, 11) is 3.18. The van der Waals surface area contributed by atoms with E-state index in [0.717, 1.165) is 28.1 Å². The third-order valence-corrected chi connectivity index (χ3v) is 6.10. The smallest absolute Gasteiger partial charge is 0.254 e. The van der Waals surface area contributed by atoms with E-state index >= 15 is 0 Å². The highest BCUT2D eigenvalue weighted by atomic mass is 32.1. The minimum atomic E-state index is -1.21. The minimum absolute atomic E-state index is 0.107. The van der Waals surface area contributed by atoms with E-state index in [0.29, 0.717) is 22.2 Å². The standard InChI is InChI=1S/C25H20F2N2O4S/c1-31-15-9-7-14(8-10-15)23-24(16-5-3-4-6-18(16)32-2)34-20(29-23)13-33-19-12-11-17(26)21(22(19)27)25(28)30/h3-12H,13H2,1-2H3,(H2,28,30). The van der Waals surface area contributed by atoms with Crippen molar-refractivity contribution in [3.05, 3.63) is 82.9 Å². The molecule has 0 aliphatic carbocycles. The number of benzene rings is 3. The van der Waals surface area contributed by atoms with Crippen LogP contribution >= 0.6 is 11.3 Å². The summed E-state index contributed by atoms with van der Waals surface area (Å²) < 4.78 is 44.7. The van der Waals surface area contributed by atoms with E-state index in [1.807, 2.05) is 48.5 Å². The fourth-order valence-electron chi connectivity index (χ4n) is 3.40. The number of methoxy groups -OCH3 is 2. The zero-order valence-electron chi connectivity index (χ0n) is 18.3. The second kappa shape index (κ2) is 9.88. The van der Waals surface area contributed by atoms with Crippen LogP contribution in [0.15, 0.2) is 60.7 Å². The third-order valence-electron chi connectivity index (χ3n) is 5.04. The van der Waals surface area contributed by atoms with Crippen LogP contribution in [0.25, 0.3) is 21.7 Å². The van der Waals surface area contributed by atoms with E-state index in [-0.39, 0.29) is 12.4 Å². The molecule has 34 heavy (non-hydrogen) atoms.